The Balaban J connectivity index is 1.96. The molecule has 2 aromatic rings. The third-order valence-electron chi connectivity index (χ3n) is 3.61. The van der Waals surface area contributed by atoms with Gasteiger partial charge in [-0.25, -0.2) is 4.79 Å². The first-order valence-electron chi connectivity index (χ1n) is 6.38. The van der Waals surface area contributed by atoms with Gasteiger partial charge in [0.1, 0.15) is 0 Å². The first-order chi connectivity index (χ1) is 9.16. The predicted octanol–water partition coefficient (Wildman–Crippen LogP) is 1.74. The van der Waals surface area contributed by atoms with Crippen LogP contribution in [-0.2, 0) is 11.8 Å². The van der Waals surface area contributed by atoms with Crippen LogP contribution in [0.3, 0.4) is 0 Å². The van der Waals surface area contributed by atoms with Crippen molar-refractivity contribution in [2.45, 2.75) is 12.8 Å². The Morgan fingerprint density at radius 1 is 1.42 bits per heavy atom. The molecule has 100 valence electrons. The number of oxazole rings is 1. The summed E-state index contributed by atoms with van der Waals surface area (Å²) in [5, 5.41) is 0. The Morgan fingerprint density at radius 3 is 3.00 bits per heavy atom. The normalized spacial score (nSPS) is 19.7. The van der Waals surface area contributed by atoms with Crippen molar-refractivity contribution in [3.8, 4) is 0 Å². The monoisotopic (exact) mass is 261 g/mol. The Hall–Kier alpha value is -1.88. The van der Waals surface area contributed by atoms with Crippen molar-refractivity contribution in [1.82, 2.24) is 4.57 Å². The van der Waals surface area contributed by atoms with Gasteiger partial charge in [0.15, 0.2) is 11.4 Å². The minimum absolute atomic E-state index is 0.0631. The number of ether oxygens (including phenoxy) is 1. The van der Waals surface area contributed by atoms with E-state index in [0.717, 1.165) is 19.4 Å². The molecule has 2 heterocycles. The second-order valence-electron chi connectivity index (χ2n) is 4.89. The van der Waals surface area contributed by atoms with E-state index in [1.165, 1.54) is 4.57 Å². The van der Waals surface area contributed by atoms with E-state index in [1.54, 1.807) is 25.2 Å². The largest absolute Gasteiger partial charge is 0.419 e. The minimum Gasteiger partial charge on any atom is -0.408 e. The third-order valence-corrected chi connectivity index (χ3v) is 3.61. The Bertz CT molecular complexity index is 676. The molecule has 1 unspecified atom stereocenters. The highest BCUT2D eigenvalue weighted by atomic mass is 16.5. The molecule has 1 aliphatic heterocycles. The summed E-state index contributed by atoms with van der Waals surface area (Å²) in [6.07, 6.45) is 1.77. The molecule has 19 heavy (non-hydrogen) atoms. The molecule has 1 fully saturated rings. The van der Waals surface area contributed by atoms with Crippen molar-refractivity contribution in [2.24, 2.45) is 13.0 Å². The minimum atomic E-state index is -0.416. The zero-order valence-electron chi connectivity index (χ0n) is 10.7. The van der Waals surface area contributed by atoms with Crippen LogP contribution in [0.25, 0.3) is 11.1 Å². The van der Waals surface area contributed by atoms with Crippen molar-refractivity contribution in [3.05, 3.63) is 34.3 Å². The summed E-state index contributed by atoms with van der Waals surface area (Å²) in [6.45, 7) is 1.21. The van der Waals surface area contributed by atoms with Gasteiger partial charge in [-0.05, 0) is 31.0 Å². The quantitative estimate of drug-likeness (QED) is 0.772. The molecule has 0 spiro atoms. The summed E-state index contributed by atoms with van der Waals surface area (Å²) in [6, 6.07) is 5.14. The van der Waals surface area contributed by atoms with Crippen molar-refractivity contribution >= 4 is 16.9 Å². The summed E-state index contributed by atoms with van der Waals surface area (Å²) in [7, 11) is 1.64. The molecule has 5 nitrogen and oxygen atoms in total. The molecule has 1 aliphatic rings. The van der Waals surface area contributed by atoms with Gasteiger partial charge in [-0.15, -0.1) is 0 Å². The first-order valence-corrected chi connectivity index (χ1v) is 6.38. The fourth-order valence-electron chi connectivity index (χ4n) is 2.47. The maximum Gasteiger partial charge on any atom is 0.419 e. The summed E-state index contributed by atoms with van der Waals surface area (Å²) in [5.41, 5.74) is 1.73. The predicted molar refractivity (Wildman–Crippen MR) is 69.3 cm³/mol. The van der Waals surface area contributed by atoms with Gasteiger partial charge in [0.05, 0.1) is 12.1 Å². The van der Waals surface area contributed by atoms with E-state index in [1.807, 2.05) is 0 Å². The summed E-state index contributed by atoms with van der Waals surface area (Å²) in [4.78, 5) is 23.7. The molecule has 3 rings (SSSR count). The van der Waals surface area contributed by atoms with Crippen LogP contribution >= 0.6 is 0 Å². The molecule has 1 aromatic carbocycles. The lowest BCUT2D eigenvalue weighted by molar-refractivity contribution is 0.0461. The van der Waals surface area contributed by atoms with E-state index in [0.29, 0.717) is 23.3 Å². The molecule has 5 heteroatoms. The molecule has 1 saturated heterocycles. The van der Waals surface area contributed by atoms with Crippen LogP contribution in [0.1, 0.15) is 23.2 Å². The van der Waals surface area contributed by atoms with E-state index in [4.69, 9.17) is 9.15 Å². The molecular formula is C14H15NO4. The number of rotatable bonds is 2. The lowest BCUT2D eigenvalue weighted by Gasteiger charge is -2.20. The van der Waals surface area contributed by atoms with Crippen molar-refractivity contribution < 1.29 is 13.9 Å². The van der Waals surface area contributed by atoms with Gasteiger partial charge in [-0.3, -0.25) is 9.36 Å². The zero-order chi connectivity index (χ0) is 13.4. The Labute approximate surface area is 109 Å². The number of hydrogen-bond donors (Lipinski definition) is 0. The van der Waals surface area contributed by atoms with Crippen LogP contribution < -0.4 is 5.76 Å². The van der Waals surface area contributed by atoms with Gasteiger partial charge in [0.25, 0.3) is 0 Å². The Morgan fingerprint density at radius 2 is 2.26 bits per heavy atom. The van der Waals surface area contributed by atoms with Gasteiger partial charge < -0.3 is 9.15 Å². The number of hydrogen-bond acceptors (Lipinski definition) is 4. The van der Waals surface area contributed by atoms with Gasteiger partial charge in [0, 0.05) is 25.1 Å². The number of ketones is 1. The average Bonchev–Trinajstić information content (AvgIpc) is 2.74. The van der Waals surface area contributed by atoms with E-state index in [-0.39, 0.29) is 11.7 Å². The van der Waals surface area contributed by atoms with E-state index in [2.05, 4.69) is 0 Å². The smallest absolute Gasteiger partial charge is 0.408 e. The van der Waals surface area contributed by atoms with Gasteiger partial charge >= 0.3 is 5.76 Å². The fraction of sp³-hybridized carbons (Fsp3) is 0.429. The van der Waals surface area contributed by atoms with Gasteiger partial charge in [-0.1, -0.05) is 0 Å². The molecule has 0 bridgehead atoms. The highest BCUT2D eigenvalue weighted by Crippen LogP contribution is 2.21. The van der Waals surface area contributed by atoms with Crippen molar-refractivity contribution in [3.63, 3.8) is 0 Å². The summed E-state index contributed by atoms with van der Waals surface area (Å²) in [5.74, 6) is -0.435. The SMILES string of the molecule is Cn1c(=O)oc2cc(C(=O)C3CCCOC3)ccc21. The number of fused-ring (bicyclic) bond motifs is 1. The molecular weight excluding hydrogens is 246 g/mol. The van der Waals surface area contributed by atoms with E-state index >= 15 is 0 Å². The third kappa shape index (κ3) is 2.10. The molecule has 0 N–H and O–H groups in total. The van der Waals surface area contributed by atoms with Crippen LogP contribution in [0.15, 0.2) is 27.4 Å². The molecule has 0 aliphatic carbocycles. The fourth-order valence-corrected chi connectivity index (χ4v) is 2.47. The standard InChI is InChI=1S/C14H15NO4/c1-15-11-5-4-9(7-12(11)19-14(15)17)13(16)10-3-2-6-18-8-10/h4-5,7,10H,2-3,6,8H2,1H3. The van der Waals surface area contributed by atoms with Crippen LogP contribution in [0.5, 0.6) is 0 Å². The molecule has 1 atom stereocenters. The van der Waals surface area contributed by atoms with Crippen LogP contribution in [-0.4, -0.2) is 23.6 Å². The number of nitrogens with zero attached hydrogens (tertiary/aromatic N) is 1. The molecule has 0 radical (unpaired) electrons. The van der Waals surface area contributed by atoms with Crippen molar-refractivity contribution in [2.75, 3.05) is 13.2 Å². The number of Topliss-reactive ketones (excluding diaryl/α,β-unsaturated/α-hetero) is 1. The van der Waals surface area contributed by atoms with Crippen LogP contribution in [0.4, 0.5) is 0 Å². The molecule has 0 saturated carbocycles. The molecule has 1 aromatic heterocycles. The second-order valence-corrected chi connectivity index (χ2v) is 4.89. The first kappa shape index (κ1) is 12.2. The number of carbonyl (C=O) groups is 1. The number of carbonyl (C=O) groups excluding carboxylic acids is 1. The maximum atomic E-state index is 12.3. The van der Waals surface area contributed by atoms with E-state index < -0.39 is 5.76 Å². The summed E-state index contributed by atoms with van der Waals surface area (Å²) >= 11 is 0. The summed E-state index contributed by atoms with van der Waals surface area (Å²) < 4.78 is 11.9. The molecule has 0 amide bonds. The highest BCUT2D eigenvalue weighted by molar-refractivity contribution is 6.00. The topological polar surface area (TPSA) is 61.4 Å². The Kier molecular flexibility index (Phi) is 2.98. The zero-order valence-corrected chi connectivity index (χ0v) is 10.7. The number of aromatic nitrogens is 1. The average molecular weight is 261 g/mol. The van der Waals surface area contributed by atoms with E-state index in [9.17, 15) is 9.59 Å². The second kappa shape index (κ2) is 4.66. The van der Waals surface area contributed by atoms with Crippen LogP contribution in [0, 0.1) is 5.92 Å². The lowest BCUT2D eigenvalue weighted by atomic mass is 9.92. The van der Waals surface area contributed by atoms with Gasteiger partial charge in [-0.2, -0.15) is 0 Å². The number of aryl methyl sites for hydroxylation is 1. The van der Waals surface area contributed by atoms with Crippen molar-refractivity contribution in [1.29, 1.82) is 0 Å². The lowest BCUT2D eigenvalue weighted by Crippen LogP contribution is -2.25. The maximum absolute atomic E-state index is 12.3. The number of benzene rings is 1. The highest BCUT2D eigenvalue weighted by Gasteiger charge is 2.23. The van der Waals surface area contributed by atoms with Gasteiger partial charge in [0.2, 0.25) is 0 Å². The van der Waals surface area contributed by atoms with Crippen LogP contribution in [0.2, 0.25) is 0 Å².